The van der Waals surface area contributed by atoms with Gasteiger partial charge in [0.25, 0.3) is 5.91 Å². The summed E-state index contributed by atoms with van der Waals surface area (Å²) in [7, 11) is 0. The number of ether oxygens (including phenoxy) is 1. The second-order valence-corrected chi connectivity index (χ2v) is 6.72. The van der Waals surface area contributed by atoms with E-state index >= 15 is 0 Å². The number of esters is 1. The largest absolute Gasteiger partial charge is 0.436 e. The van der Waals surface area contributed by atoms with E-state index in [1.807, 2.05) is 64.1 Å². The minimum Gasteiger partial charge on any atom is -0.436 e. The van der Waals surface area contributed by atoms with Crippen LogP contribution in [0.4, 0.5) is 0 Å². The van der Waals surface area contributed by atoms with Gasteiger partial charge in [0.05, 0.1) is 0 Å². The van der Waals surface area contributed by atoms with Gasteiger partial charge >= 0.3 is 5.97 Å². The Morgan fingerprint density at radius 3 is 2.54 bits per heavy atom. The van der Waals surface area contributed by atoms with Crippen LogP contribution in [0.5, 0.6) is 0 Å². The first-order valence-corrected chi connectivity index (χ1v) is 7.89. The van der Waals surface area contributed by atoms with Crippen molar-refractivity contribution in [3.05, 3.63) is 65.9 Å². The van der Waals surface area contributed by atoms with Gasteiger partial charge in [0, 0.05) is 11.0 Å². The molecular formula is C20H23NO3. The molecule has 1 heterocycles. The van der Waals surface area contributed by atoms with E-state index in [1.165, 1.54) is 4.90 Å². The molecule has 0 N–H and O–H groups in total. The van der Waals surface area contributed by atoms with Crippen LogP contribution < -0.4 is 0 Å². The topological polar surface area (TPSA) is 46.6 Å². The summed E-state index contributed by atoms with van der Waals surface area (Å²) < 4.78 is 5.37. The Balaban J connectivity index is 2.44. The number of hydrogen-bond acceptors (Lipinski definition) is 3. The van der Waals surface area contributed by atoms with Crippen molar-refractivity contribution >= 4 is 18.0 Å². The van der Waals surface area contributed by atoms with Crippen molar-refractivity contribution in [3.8, 4) is 0 Å². The van der Waals surface area contributed by atoms with Gasteiger partial charge in [-0.2, -0.15) is 0 Å². The molecule has 1 amide bonds. The first-order chi connectivity index (χ1) is 11.3. The molecule has 1 aromatic carbocycles. The minimum atomic E-state index is -0.669. The molecule has 1 aromatic rings. The van der Waals surface area contributed by atoms with Gasteiger partial charge in [-0.3, -0.25) is 9.69 Å². The number of hydrogen-bond donors (Lipinski definition) is 0. The van der Waals surface area contributed by atoms with E-state index in [1.54, 1.807) is 12.1 Å². The van der Waals surface area contributed by atoms with E-state index in [0.717, 1.165) is 5.56 Å². The van der Waals surface area contributed by atoms with E-state index < -0.39 is 17.6 Å². The van der Waals surface area contributed by atoms with Crippen LogP contribution in [0.1, 0.15) is 43.6 Å². The molecule has 1 unspecified atom stereocenters. The number of allylic oxidation sites excluding steroid dienone is 3. The van der Waals surface area contributed by atoms with E-state index in [2.05, 4.69) is 6.58 Å². The molecule has 1 fully saturated rings. The van der Waals surface area contributed by atoms with Gasteiger partial charge in [0.15, 0.2) is 6.23 Å². The lowest BCUT2D eigenvalue weighted by atomic mass is 9.92. The third kappa shape index (κ3) is 3.48. The molecule has 1 aliphatic rings. The van der Waals surface area contributed by atoms with Crippen LogP contribution in [0, 0.1) is 5.41 Å². The van der Waals surface area contributed by atoms with Gasteiger partial charge in [0.2, 0.25) is 0 Å². The SMILES string of the molecule is C=C1C(=O)OC(C(C)(C)C)N1C(=O)c1ccccc1/C=C\C=C/C. The lowest BCUT2D eigenvalue weighted by molar-refractivity contribution is -0.145. The molecule has 1 saturated heterocycles. The van der Waals surface area contributed by atoms with Gasteiger partial charge in [-0.1, -0.05) is 69.9 Å². The third-order valence-corrected chi connectivity index (χ3v) is 3.71. The van der Waals surface area contributed by atoms with E-state index in [9.17, 15) is 9.59 Å². The number of rotatable bonds is 3. The zero-order valence-electron chi connectivity index (χ0n) is 14.6. The fourth-order valence-electron chi connectivity index (χ4n) is 2.49. The fourth-order valence-corrected chi connectivity index (χ4v) is 2.49. The molecular weight excluding hydrogens is 302 g/mol. The normalized spacial score (nSPS) is 18.7. The fraction of sp³-hybridized carbons (Fsp3) is 0.300. The summed E-state index contributed by atoms with van der Waals surface area (Å²) in [6.07, 6.45) is 6.86. The van der Waals surface area contributed by atoms with Gasteiger partial charge in [-0.15, -0.1) is 0 Å². The summed E-state index contributed by atoms with van der Waals surface area (Å²) in [6, 6.07) is 7.27. The number of carbonyl (C=O) groups excluding carboxylic acids is 2. The highest BCUT2D eigenvalue weighted by atomic mass is 16.6. The average Bonchev–Trinajstić information content (AvgIpc) is 2.83. The first kappa shape index (κ1) is 17.7. The Labute approximate surface area is 143 Å². The predicted octanol–water partition coefficient (Wildman–Crippen LogP) is 4.16. The summed E-state index contributed by atoms with van der Waals surface area (Å²) in [5.41, 5.74) is 0.944. The molecule has 24 heavy (non-hydrogen) atoms. The number of benzene rings is 1. The zero-order valence-corrected chi connectivity index (χ0v) is 14.6. The van der Waals surface area contributed by atoms with Gasteiger partial charge in [0.1, 0.15) is 5.70 Å². The van der Waals surface area contributed by atoms with E-state index in [4.69, 9.17) is 4.74 Å². The Hall–Kier alpha value is -2.62. The average molecular weight is 325 g/mol. The Kier molecular flexibility index (Phi) is 5.07. The third-order valence-electron chi connectivity index (χ3n) is 3.71. The quantitative estimate of drug-likeness (QED) is 0.476. The van der Waals surface area contributed by atoms with Crippen LogP contribution in [0.25, 0.3) is 6.08 Å². The Bertz CT molecular complexity index is 723. The van der Waals surface area contributed by atoms with Crippen molar-refractivity contribution < 1.29 is 14.3 Å². The molecule has 1 aliphatic heterocycles. The number of amides is 1. The molecule has 0 spiro atoms. The Morgan fingerprint density at radius 1 is 1.25 bits per heavy atom. The second kappa shape index (κ2) is 6.87. The van der Waals surface area contributed by atoms with Crippen molar-refractivity contribution in [2.24, 2.45) is 5.41 Å². The van der Waals surface area contributed by atoms with Crippen LogP contribution in [0.2, 0.25) is 0 Å². The summed E-state index contributed by atoms with van der Waals surface area (Å²) in [5, 5.41) is 0. The van der Waals surface area contributed by atoms with E-state index in [0.29, 0.717) is 5.56 Å². The maximum atomic E-state index is 13.1. The predicted molar refractivity (Wildman–Crippen MR) is 94.9 cm³/mol. The van der Waals surface area contributed by atoms with Crippen LogP contribution in [-0.4, -0.2) is 23.0 Å². The standard InChI is InChI=1S/C20H23NO3/c1-6-7-8-11-15-12-9-10-13-16(15)17(22)21-14(2)18(23)24-19(21)20(3,4)5/h6-13,19H,2H2,1,3-5H3/b7-6-,11-8-. The highest BCUT2D eigenvalue weighted by Crippen LogP contribution is 2.35. The van der Waals surface area contributed by atoms with Gasteiger partial charge in [-0.05, 0) is 18.6 Å². The second-order valence-electron chi connectivity index (χ2n) is 6.72. The van der Waals surface area contributed by atoms with Crippen molar-refractivity contribution in [2.75, 3.05) is 0 Å². The molecule has 4 heteroatoms. The highest BCUT2D eigenvalue weighted by Gasteiger charge is 2.46. The van der Waals surface area contributed by atoms with Crippen molar-refractivity contribution in [2.45, 2.75) is 33.9 Å². The summed E-state index contributed by atoms with van der Waals surface area (Å²) >= 11 is 0. The van der Waals surface area contributed by atoms with Gasteiger partial charge < -0.3 is 4.74 Å². The number of carbonyl (C=O) groups is 2. The van der Waals surface area contributed by atoms with Crippen LogP contribution >= 0.6 is 0 Å². The van der Waals surface area contributed by atoms with Crippen molar-refractivity contribution in [1.82, 2.24) is 4.90 Å². The maximum absolute atomic E-state index is 13.1. The van der Waals surface area contributed by atoms with Crippen molar-refractivity contribution in [3.63, 3.8) is 0 Å². The zero-order chi connectivity index (χ0) is 17.9. The molecule has 0 saturated carbocycles. The molecule has 0 radical (unpaired) electrons. The maximum Gasteiger partial charge on any atom is 0.356 e. The summed E-state index contributed by atoms with van der Waals surface area (Å²) in [6.45, 7) is 11.4. The Morgan fingerprint density at radius 2 is 1.92 bits per heavy atom. The molecule has 0 aromatic heterocycles. The van der Waals surface area contributed by atoms with Crippen LogP contribution in [0.15, 0.2) is 54.8 Å². The van der Waals surface area contributed by atoms with Crippen LogP contribution in [0.3, 0.4) is 0 Å². The number of nitrogens with zero attached hydrogens (tertiary/aromatic N) is 1. The van der Waals surface area contributed by atoms with Crippen LogP contribution in [-0.2, 0) is 9.53 Å². The molecule has 4 nitrogen and oxygen atoms in total. The molecule has 1 atom stereocenters. The molecule has 2 rings (SSSR count). The molecule has 126 valence electrons. The summed E-state index contributed by atoms with van der Waals surface area (Å²) in [4.78, 5) is 26.4. The van der Waals surface area contributed by atoms with Crippen molar-refractivity contribution in [1.29, 1.82) is 0 Å². The lowest BCUT2D eigenvalue weighted by Crippen LogP contribution is -2.43. The lowest BCUT2D eigenvalue weighted by Gasteiger charge is -2.32. The highest BCUT2D eigenvalue weighted by molar-refractivity contribution is 6.04. The monoisotopic (exact) mass is 325 g/mol. The summed E-state index contributed by atoms with van der Waals surface area (Å²) in [5.74, 6) is -0.836. The molecule has 0 bridgehead atoms. The van der Waals surface area contributed by atoms with E-state index in [-0.39, 0.29) is 11.6 Å². The van der Waals surface area contributed by atoms with Gasteiger partial charge in [-0.25, -0.2) is 4.79 Å². The smallest absolute Gasteiger partial charge is 0.356 e. The first-order valence-electron chi connectivity index (χ1n) is 7.89. The number of cyclic esters (lactones) is 1. The molecule has 0 aliphatic carbocycles. The minimum absolute atomic E-state index is 0.0761.